The monoisotopic (exact) mass is 394 g/mol. The Morgan fingerprint density at radius 1 is 0.852 bits per heavy atom. The van der Waals surface area contributed by atoms with E-state index in [9.17, 15) is 13.2 Å². The highest BCUT2D eigenvalue weighted by atomic mass is 35.5. The van der Waals surface area contributed by atoms with Gasteiger partial charge in [0.15, 0.2) is 0 Å². The Morgan fingerprint density at radius 3 is 1.93 bits per heavy atom. The number of halogens is 4. The van der Waals surface area contributed by atoms with Crippen molar-refractivity contribution in [3.05, 3.63) is 47.0 Å². The van der Waals surface area contributed by atoms with E-state index in [0.717, 1.165) is 11.8 Å². The lowest BCUT2D eigenvalue weighted by Gasteiger charge is -2.37. The van der Waals surface area contributed by atoms with Crippen LogP contribution in [0.15, 0.2) is 35.9 Å². The van der Waals surface area contributed by atoms with Gasteiger partial charge in [0.1, 0.15) is 0 Å². The molecule has 1 aromatic rings. The first-order valence-corrected chi connectivity index (χ1v) is 10.3. The van der Waals surface area contributed by atoms with E-state index in [-0.39, 0.29) is 0 Å². The number of rotatable bonds is 3. The fourth-order valence-corrected chi connectivity index (χ4v) is 5.02. The van der Waals surface area contributed by atoms with Crippen molar-refractivity contribution in [1.82, 2.24) is 0 Å². The number of allylic oxidation sites excluding steroid dienone is 1. The van der Waals surface area contributed by atoms with Gasteiger partial charge in [-0.3, -0.25) is 0 Å². The Labute approximate surface area is 165 Å². The Balaban J connectivity index is 1.50. The highest BCUT2D eigenvalue weighted by molar-refractivity contribution is 6.25. The van der Waals surface area contributed by atoms with E-state index >= 15 is 0 Å². The van der Waals surface area contributed by atoms with Crippen molar-refractivity contribution in [1.29, 1.82) is 0 Å². The van der Waals surface area contributed by atoms with Gasteiger partial charge in [-0.2, -0.15) is 13.2 Å². The summed E-state index contributed by atoms with van der Waals surface area (Å²) in [4.78, 5) is 0. The molecule has 1 aromatic carbocycles. The van der Waals surface area contributed by atoms with E-state index in [0.29, 0.717) is 17.4 Å². The topological polar surface area (TPSA) is 0 Å². The summed E-state index contributed by atoms with van der Waals surface area (Å²) in [6, 6.07) is 7.34. The molecule has 0 aromatic heterocycles. The molecule has 0 spiro atoms. The predicted octanol–water partition coefficient (Wildman–Crippen LogP) is 7.43. The first kappa shape index (κ1) is 20.3. The SMILES string of the molecule is FC(F)(F)C#Cc1ccc(C2CCC(C3CCC(C=CCl)CC3)CC2)cc1. The van der Waals surface area contributed by atoms with Crippen LogP contribution < -0.4 is 0 Å². The van der Waals surface area contributed by atoms with E-state index in [1.54, 1.807) is 17.7 Å². The molecule has 0 heterocycles. The fourth-order valence-electron chi connectivity index (χ4n) is 4.82. The van der Waals surface area contributed by atoms with Crippen molar-refractivity contribution in [3.63, 3.8) is 0 Å². The van der Waals surface area contributed by atoms with Crippen LogP contribution in [-0.2, 0) is 0 Å². The van der Waals surface area contributed by atoms with Crippen LogP contribution in [-0.4, -0.2) is 6.18 Å². The summed E-state index contributed by atoms with van der Waals surface area (Å²) in [6.07, 6.45) is 7.74. The van der Waals surface area contributed by atoms with Gasteiger partial charge in [0, 0.05) is 17.0 Å². The van der Waals surface area contributed by atoms with Crippen molar-refractivity contribution in [3.8, 4) is 11.8 Å². The normalized spacial score (nSPS) is 29.3. The highest BCUT2D eigenvalue weighted by Gasteiger charge is 2.30. The number of benzene rings is 1. The third-order valence-corrected chi connectivity index (χ3v) is 6.48. The lowest BCUT2D eigenvalue weighted by atomic mass is 9.68. The van der Waals surface area contributed by atoms with Crippen molar-refractivity contribution < 1.29 is 13.2 Å². The molecule has 0 bridgehead atoms. The van der Waals surface area contributed by atoms with Gasteiger partial charge in [0.05, 0.1) is 0 Å². The van der Waals surface area contributed by atoms with Crippen molar-refractivity contribution >= 4 is 11.6 Å². The van der Waals surface area contributed by atoms with Crippen LogP contribution in [0.4, 0.5) is 13.2 Å². The van der Waals surface area contributed by atoms with Gasteiger partial charge in [0.25, 0.3) is 0 Å². The largest absolute Gasteiger partial charge is 0.458 e. The van der Waals surface area contributed by atoms with Gasteiger partial charge in [0.2, 0.25) is 0 Å². The third-order valence-electron chi connectivity index (χ3n) is 6.33. The molecule has 27 heavy (non-hydrogen) atoms. The van der Waals surface area contributed by atoms with Crippen LogP contribution in [0.5, 0.6) is 0 Å². The molecule has 2 aliphatic carbocycles. The van der Waals surface area contributed by atoms with Crippen LogP contribution >= 0.6 is 11.6 Å². The zero-order chi connectivity index (χ0) is 19.3. The minimum atomic E-state index is -4.43. The number of hydrogen-bond donors (Lipinski definition) is 0. The van der Waals surface area contributed by atoms with Crippen LogP contribution in [0.2, 0.25) is 0 Å². The van der Waals surface area contributed by atoms with E-state index < -0.39 is 6.18 Å². The molecule has 0 nitrogen and oxygen atoms in total. The maximum atomic E-state index is 12.2. The quantitative estimate of drug-likeness (QED) is 0.467. The van der Waals surface area contributed by atoms with E-state index in [1.807, 2.05) is 12.1 Å². The first-order chi connectivity index (χ1) is 12.9. The standard InChI is InChI=1S/C23H26ClF3/c24-16-14-18-3-7-20(8-4-18)22-11-9-21(10-12-22)19-5-1-17(2-6-19)13-15-23(25,26)27/h1-2,5-6,14,16,18,20-22H,3-4,7-12H2. The second kappa shape index (κ2) is 9.20. The Bertz CT molecular complexity index is 677. The minimum Gasteiger partial charge on any atom is -0.159 e. The summed E-state index contributed by atoms with van der Waals surface area (Å²) in [7, 11) is 0. The number of hydrogen-bond acceptors (Lipinski definition) is 0. The molecule has 0 amide bonds. The molecule has 0 N–H and O–H groups in total. The molecule has 2 saturated carbocycles. The molecule has 3 rings (SSSR count). The second-order valence-electron chi connectivity index (χ2n) is 7.97. The molecule has 2 aliphatic rings. The van der Waals surface area contributed by atoms with Crippen LogP contribution in [0.25, 0.3) is 0 Å². The smallest absolute Gasteiger partial charge is 0.159 e. The molecule has 0 saturated heterocycles. The van der Waals surface area contributed by atoms with Gasteiger partial charge in [-0.05, 0) is 92.7 Å². The molecule has 0 unspecified atom stereocenters. The lowest BCUT2D eigenvalue weighted by molar-refractivity contribution is -0.0696. The molecule has 0 aliphatic heterocycles. The van der Waals surface area contributed by atoms with Gasteiger partial charge >= 0.3 is 6.18 Å². The average molecular weight is 395 g/mol. The average Bonchev–Trinajstić information content (AvgIpc) is 2.67. The van der Waals surface area contributed by atoms with Crippen molar-refractivity contribution in [2.75, 3.05) is 0 Å². The van der Waals surface area contributed by atoms with Crippen LogP contribution in [0.3, 0.4) is 0 Å². The van der Waals surface area contributed by atoms with E-state index in [2.05, 4.69) is 12.0 Å². The molecule has 0 atom stereocenters. The van der Waals surface area contributed by atoms with Gasteiger partial charge in [-0.25, -0.2) is 0 Å². The van der Waals surface area contributed by atoms with Crippen LogP contribution in [0, 0.1) is 29.6 Å². The van der Waals surface area contributed by atoms with E-state index in [1.165, 1.54) is 62.9 Å². The molecular weight excluding hydrogens is 369 g/mol. The maximum Gasteiger partial charge on any atom is 0.458 e. The molecule has 0 radical (unpaired) electrons. The molecule has 4 heteroatoms. The molecule has 2 fully saturated rings. The fraction of sp³-hybridized carbons (Fsp3) is 0.565. The summed E-state index contributed by atoms with van der Waals surface area (Å²) >= 11 is 5.70. The van der Waals surface area contributed by atoms with Crippen LogP contribution in [0.1, 0.15) is 68.4 Å². The van der Waals surface area contributed by atoms with Crippen molar-refractivity contribution in [2.45, 2.75) is 63.5 Å². The molecular formula is C23H26ClF3. The zero-order valence-electron chi connectivity index (χ0n) is 15.4. The van der Waals surface area contributed by atoms with Crippen molar-refractivity contribution in [2.24, 2.45) is 17.8 Å². The Hall–Kier alpha value is -1.40. The summed E-state index contributed by atoms with van der Waals surface area (Å²) < 4.78 is 36.5. The number of alkyl halides is 3. The predicted molar refractivity (Wildman–Crippen MR) is 105 cm³/mol. The summed E-state index contributed by atoms with van der Waals surface area (Å²) in [6.45, 7) is 0. The summed E-state index contributed by atoms with van der Waals surface area (Å²) in [5, 5.41) is 0. The van der Waals surface area contributed by atoms with Gasteiger partial charge < -0.3 is 0 Å². The lowest BCUT2D eigenvalue weighted by Crippen LogP contribution is -2.25. The molecule has 146 valence electrons. The summed E-state index contributed by atoms with van der Waals surface area (Å²) in [5.41, 5.74) is 3.32. The Morgan fingerprint density at radius 2 is 1.41 bits per heavy atom. The zero-order valence-corrected chi connectivity index (χ0v) is 16.2. The highest BCUT2D eigenvalue weighted by Crippen LogP contribution is 2.44. The van der Waals surface area contributed by atoms with E-state index in [4.69, 9.17) is 11.6 Å². The van der Waals surface area contributed by atoms with Gasteiger partial charge in [-0.1, -0.05) is 35.7 Å². The maximum absolute atomic E-state index is 12.2. The Kier molecular flexibility index (Phi) is 6.93. The first-order valence-electron chi connectivity index (χ1n) is 9.91. The second-order valence-corrected chi connectivity index (χ2v) is 8.23. The summed E-state index contributed by atoms with van der Waals surface area (Å²) in [5.74, 6) is 6.39. The minimum absolute atomic E-state index is 0.424. The third kappa shape index (κ3) is 6.04. The van der Waals surface area contributed by atoms with Gasteiger partial charge in [-0.15, -0.1) is 0 Å².